The number of nitrogens with zero attached hydrogens (tertiary/aromatic N) is 2. The molecule has 2 N–H and O–H groups in total. The summed E-state index contributed by atoms with van der Waals surface area (Å²) in [6, 6.07) is 17.0. The van der Waals surface area contributed by atoms with Crippen molar-refractivity contribution in [3.63, 3.8) is 0 Å². The number of nitrogens with one attached hydrogen (secondary N) is 2. The lowest BCUT2D eigenvalue weighted by Gasteiger charge is -2.29. The van der Waals surface area contributed by atoms with Crippen molar-refractivity contribution >= 4 is 23.4 Å². The van der Waals surface area contributed by atoms with Crippen molar-refractivity contribution in [2.75, 3.05) is 32.1 Å². The maximum atomic E-state index is 14.0. The maximum Gasteiger partial charge on any atom is 0.253 e. The summed E-state index contributed by atoms with van der Waals surface area (Å²) in [6.45, 7) is 2.40. The fourth-order valence-corrected chi connectivity index (χ4v) is 4.51. The zero-order valence-electron chi connectivity index (χ0n) is 22.6. The molecule has 40 heavy (non-hydrogen) atoms. The molecule has 3 aromatic carbocycles. The van der Waals surface area contributed by atoms with Crippen LogP contribution in [0.5, 0.6) is 5.75 Å². The molecule has 210 valence electrons. The monoisotopic (exact) mass is 550 g/mol. The van der Waals surface area contributed by atoms with Crippen LogP contribution >= 0.6 is 0 Å². The van der Waals surface area contributed by atoms with Crippen LogP contribution in [-0.4, -0.2) is 61.9 Å². The van der Waals surface area contributed by atoms with Crippen LogP contribution in [0.2, 0.25) is 0 Å². The van der Waals surface area contributed by atoms with Gasteiger partial charge in [0.1, 0.15) is 29.5 Å². The largest absolute Gasteiger partial charge is 0.481 e. The Morgan fingerprint density at radius 3 is 2.33 bits per heavy atom. The van der Waals surface area contributed by atoms with Crippen LogP contribution in [-0.2, 0) is 20.8 Å². The van der Waals surface area contributed by atoms with E-state index < -0.39 is 41.6 Å². The Hall–Kier alpha value is -4.31. The van der Waals surface area contributed by atoms with E-state index in [-0.39, 0.29) is 17.9 Å². The van der Waals surface area contributed by atoms with Crippen LogP contribution in [0.4, 0.5) is 14.5 Å². The normalized spacial score (nSPS) is 17.4. The third kappa shape index (κ3) is 7.01. The zero-order valence-corrected chi connectivity index (χ0v) is 22.6. The summed E-state index contributed by atoms with van der Waals surface area (Å²) in [7, 11) is 3.80. The lowest BCUT2D eigenvalue weighted by molar-refractivity contribution is -0.132. The molecule has 0 bridgehead atoms. The fourth-order valence-electron chi connectivity index (χ4n) is 4.51. The van der Waals surface area contributed by atoms with Gasteiger partial charge in [0.25, 0.3) is 5.91 Å². The molecule has 0 saturated carbocycles. The first-order valence-corrected chi connectivity index (χ1v) is 12.9. The molecule has 1 heterocycles. The number of halogens is 2. The first-order chi connectivity index (χ1) is 19.1. The first kappa shape index (κ1) is 28.7. The number of carbonyl (C=O) groups excluding carboxylic acids is 3. The van der Waals surface area contributed by atoms with Gasteiger partial charge in [-0.05, 0) is 56.4 Å². The molecule has 0 aromatic heterocycles. The topological polar surface area (TPSA) is 91.0 Å². The Balaban J connectivity index is 1.57. The van der Waals surface area contributed by atoms with Crippen molar-refractivity contribution in [1.29, 1.82) is 0 Å². The van der Waals surface area contributed by atoms with Gasteiger partial charge in [0.2, 0.25) is 11.8 Å². The minimum atomic E-state index is -1.11. The lowest BCUT2D eigenvalue weighted by atomic mass is 10.0. The van der Waals surface area contributed by atoms with Gasteiger partial charge in [0, 0.05) is 19.2 Å². The van der Waals surface area contributed by atoms with Gasteiger partial charge in [0.05, 0.1) is 12.1 Å². The summed E-state index contributed by atoms with van der Waals surface area (Å²) in [4.78, 5) is 43.5. The van der Waals surface area contributed by atoms with Crippen molar-refractivity contribution in [2.24, 2.45) is 0 Å². The molecule has 0 spiro atoms. The van der Waals surface area contributed by atoms with Gasteiger partial charge >= 0.3 is 0 Å². The van der Waals surface area contributed by atoms with Gasteiger partial charge < -0.3 is 25.2 Å². The molecule has 3 amide bonds. The van der Waals surface area contributed by atoms with Crippen LogP contribution < -0.4 is 20.3 Å². The highest BCUT2D eigenvalue weighted by Gasteiger charge is 2.40. The lowest BCUT2D eigenvalue weighted by Crippen LogP contribution is -2.56. The van der Waals surface area contributed by atoms with Crippen LogP contribution in [0.15, 0.2) is 72.8 Å². The number of benzene rings is 3. The highest BCUT2D eigenvalue weighted by Crippen LogP contribution is 2.37. The first-order valence-electron chi connectivity index (χ1n) is 12.9. The van der Waals surface area contributed by atoms with Crippen LogP contribution in [0.25, 0.3) is 0 Å². The van der Waals surface area contributed by atoms with E-state index in [4.69, 9.17) is 4.74 Å². The minimum Gasteiger partial charge on any atom is -0.481 e. The number of para-hydroxylation sites is 2. The number of hydrogen-bond acceptors (Lipinski definition) is 5. The second-order valence-electron chi connectivity index (χ2n) is 9.94. The molecular formula is C30H32F2N4O4. The highest BCUT2D eigenvalue weighted by molar-refractivity contribution is 6.02. The predicted molar refractivity (Wildman–Crippen MR) is 147 cm³/mol. The van der Waals surface area contributed by atoms with E-state index in [2.05, 4.69) is 10.6 Å². The van der Waals surface area contributed by atoms with E-state index in [1.165, 1.54) is 6.92 Å². The number of anilines is 1. The molecule has 1 aliphatic rings. The Morgan fingerprint density at radius 2 is 1.65 bits per heavy atom. The van der Waals surface area contributed by atoms with Crippen LogP contribution in [0.3, 0.4) is 0 Å². The summed E-state index contributed by atoms with van der Waals surface area (Å²) < 4.78 is 33.4. The highest BCUT2D eigenvalue weighted by atomic mass is 19.1. The smallest absolute Gasteiger partial charge is 0.253 e. The maximum absolute atomic E-state index is 14.0. The Kier molecular flexibility index (Phi) is 9.11. The molecule has 1 unspecified atom stereocenters. The quantitative estimate of drug-likeness (QED) is 0.427. The van der Waals surface area contributed by atoms with E-state index >= 15 is 0 Å². The van der Waals surface area contributed by atoms with E-state index in [1.54, 1.807) is 17.0 Å². The zero-order chi connectivity index (χ0) is 28.8. The number of amides is 3. The Bertz CT molecular complexity index is 1350. The standard InChI is InChI=1S/C30H32F2N4O4/c1-19(33-26(37)17-20-15-22(31)18-23(32)16-20)29(38)34-27-28(21-9-5-4-6-10-21)40-25-12-8-7-11-24(25)36(30(27)39)14-13-35(2)3/h4-12,15-16,18-19,27-28H,13-14,17H2,1-3H3,(H,33,37)(H,34,38)/t19-,27+,28?/m1/s1. The molecule has 0 radical (unpaired) electrons. The second kappa shape index (κ2) is 12.7. The fraction of sp³-hybridized carbons (Fsp3) is 0.300. The number of fused-ring (bicyclic) bond motifs is 1. The van der Waals surface area contributed by atoms with E-state index in [0.717, 1.165) is 12.1 Å². The Labute approximate surface area is 231 Å². The average molecular weight is 551 g/mol. The second-order valence-corrected chi connectivity index (χ2v) is 9.94. The average Bonchev–Trinajstić information content (AvgIpc) is 3.01. The third-order valence-corrected chi connectivity index (χ3v) is 6.50. The SMILES string of the molecule is C[C@@H](NC(=O)Cc1cc(F)cc(F)c1)C(=O)N[C@@H]1C(=O)N(CCN(C)C)c2ccccc2OC1c1ccccc1. The molecule has 8 nitrogen and oxygen atoms in total. The summed E-state index contributed by atoms with van der Waals surface area (Å²) in [5.74, 6) is -2.66. The third-order valence-electron chi connectivity index (χ3n) is 6.50. The number of hydrogen-bond donors (Lipinski definition) is 2. The van der Waals surface area contributed by atoms with Crippen molar-refractivity contribution in [1.82, 2.24) is 15.5 Å². The van der Waals surface area contributed by atoms with Crippen LogP contribution in [0.1, 0.15) is 24.2 Å². The molecular weight excluding hydrogens is 518 g/mol. The van der Waals surface area contributed by atoms with E-state index in [9.17, 15) is 23.2 Å². The molecule has 1 aliphatic heterocycles. The summed E-state index contributed by atoms with van der Waals surface area (Å²) in [5.41, 5.74) is 1.42. The van der Waals surface area contributed by atoms with Crippen molar-refractivity contribution in [2.45, 2.75) is 31.5 Å². The summed E-state index contributed by atoms with van der Waals surface area (Å²) in [6.07, 6.45) is -1.17. The molecule has 0 saturated heterocycles. The van der Waals surface area contributed by atoms with Crippen molar-refractivity contribution in [3.8, 4) is 5.75 Å². The van der Waals surface area contributed by atoms with Gasteiger partial charge in [-0.1, -0.05) is 42.5 Å². The van der Waals surface area contributed by atoms with E-state index in [0.29, 0.717) is 36.2 Å². The van der Waals surface area contributed by atoms with Gasteiger partial charge in [-0.3, -0.25) is 14.4 Å². The number of carbonyl (C=O) groups is 3. The van der Waals surface area contributed by atoms with Gasteiger partial charge in [-0.15, -0.1) is 0 Å². The van der Waals surface area contributed by atoms with Gasteiger partial charge in [-0.2, -0.15) is 0 Å². The van der Waals surface area contributed by atoms with Crippen molar-refractivity contribution in [3.05, 3.63) is 95.6 Å². The number of ether oxygens (including phenoxy) is 1. The van der Waals surface area contributed by atoms with Gasteiger partial charge in [0.15, 0.2) is 6.10 Å². The summed E-state index contributed by atoms with van der Waals surface area (Å²) >= 11 is 0. The van der Waals surface area contributed by atoms with Crippen LogP contribution in [0, 0.1) is 11.6 Å². The Morgan fingerprint density at radius 1 is 1.00 bits per heavy atom. The molecule has 0 aliphatic carbocycles. The molecule has 3 atom stereocenters. The molecule has 3 aromatic rings. The summed E-state index contributed by atoms with van der Waals surface area (Å²) in [5, 5.41) is 5.34. The van der Waals surface area contributed by atoms with Gasteiger partial charge in [-0.25, -0.2) is 8.78 Å². The number of likely N-dealkylation sites (N-methyl/N-ethyl adjacent to an activating group) is 1. The van der Waals surface area contributed by atoms with Crippen molar-refractivity contribution < 1.29 is 27.9 Å². The molecule has 10 heteroatoms. The minimum absolute atomic E-state index is 0.133. The molecule has 0 fully saturated rings. The van der Waals surface area contributed by atoms with E-state index in [1.807, 2.05) is 61.5 Å². The molecule has 4 rings (SSSR count). The predicted octanol–water partition coefficient (Wildman–Crippen LogP) is 3.23. The number of rotatable bonds is 9.